The molecule has 0 aliphatic heterocycles. The van der Waals surface area contributed by atoms with Gasteiger partial charge >= 0.3 is 5.97 Å². The van der Waals surface area contributed by atoms with Gasteiger partial charge in [-0.05, 0) is 32.9 Å². The van der Waals surface area contributed by atoms with Crippen molar-refractivity contribution in [1.29, 1.82) is 0 Å². The fourth-order valence-electron chi connectivity index (χ4n) is 1.29. The highest BCUT2D eigenvalue weighted by Gasteiger charge is 2.43. The molecule has 0 radical (unpaired) electrons. The zero-order valence-corrected chi connectivity index (χ0v) is 7.40. The van der Waals surface area contributed by atoms with Crippen LogP contribution in [-0.4, -0.2) is 41.4 Å². The van der Waals surface area contributed by atoms with Gasteiger partial charge in [0.05, 0.1) is 5.92 Å². The van der Waals surface area contributed by atoms with Gasteiger partial charge in [0.15, 0.2) is 0 Å². The Labute approximate surface area is 71.8 Å². The molecule has 0 amide bonds. The maximum atomic E-state index is 10.4. The van der Waals surface area contributed by atoms with E-state index in [1.54, 1.807) is 19.0 Å². The summed E-state index contributed by atoms with van der Waals surface area (Å²) in [7, 11) is 3.56. The van der Waals surface area contributed by atoms with Crippen molar-refractivity contribution < 1.29 is 15.0 Å². The van der Waals surface area contributed by atoms with Gasteiger partial charge in [-0.2, -0.15) is 0 Å². The summed E-state index contributed by atoms with van der Waals surface area (Å²) in [6, 6.07) is 0. The summed E-state index contributed by atoms with van der Waals surface area (Å²) in [5, 5.41) is 17.9. The molecule has 0 heterocycles. The topological polar surface area (TPSA) is 60.8 Å². The zero-order valence-electron chi connectivity index (χ0n) is 7.40. The first kappa shape index (κ1) is 9.48. The molecule has 4 heteroatoms. The molecule has 0 saturated heterocycles. The van der Waals surface area contributed by atoms with E-state index in [9.17, 15) is 9.90 Å². The van der Waals surface area contributed by atoms with Crippen molar-refractivity contribution in [2.24, 2.45) is 11.8 Å². The smallest absolute Gasteiger partial charge is 0.306 e. The second-order valence-corrected chi connectivity index (χ2v) is 3.62. The third-order valence-electron chi connectivity index (χ3n) is 2.35. The third kappa shape index (κ3) is 2.19. The minimum atomic E-state index is -0.731. The molecule has 1 saturated carbocycles. The van der Waals surface area contributed by atoms with Crippen LogP contribution in [0.15, 0.2) is 0 Å². The van der Waals surface area contributed by atoms with Crippen molar-refractivity contribution in [2.75, 3.05) is 14.1 Å². The van der Waals surface area contributed by atoms with Crippen LogP contribution in [0.2, 0.25) is 0 Å². The van der Waals surface area contributed by atoms with E-state index in [2.05, 4.69) is 0 Å². The maximum absolute atomic E-state index is 10.4. The molecule has 0 aromatic heterocycles. The van der Waals surface area contributed by atoms with Gasteiger partial charge in [0, 0.05) is 0 Å². The molecular formula is C8H15NO3. The second-order valence-electron chi connectivity index (χ2n) is 3.62. The fourth-order valence-corrected chi connectivity index (χ4v) is 1.29. The molecule has 3 atom stereocenters. The first-order valence-electron chi connectivity index (χ1n) is 4.09. The van der Waals surface area contributed by atoms with E-state index in [-0.39, 0.29) is 11.8 Å². The lowest BCUT2D eigenvalue weighted by Crippen LogP contribution is -2.28. The summed E-state index contributed by atoms with van der Waals surface area (Å²) in [4.78, 5) is 12.1. The molecule has 0 spiro atoms. The lowest BCUT2D eigenvalue weighted by molar-refractivity contribution is -0.139. The second kappa shape index (κ2) is 3.41. The summed E-state index contributed by atoms with van der Waals surface area (Å²) in [6.45, 7) is 0. The van der Waals surface area contributed by atoms with Crippen LogP contribution in [0.3, 0.4) is 0 Å². The first-order valence-corrected chi connectivity index (χ1v) is 4.09. The Balaban J connectivity index is 2.23. The van der Waals surface area contributed by atoms with Crippen LogP contribution in [0.25, 0.3) is 0 Å². The molecular weight excluding hydrogens is 158 g/mol. The van der Waals surface area contributed by atoms with Gasteiger partial charge in [-0.25, -0.2) is 0 Å². The molecule has 12 heavy (non-hydrogen) atoms. The predicted octanol–water partition coefficient (Wildman–Crippen LogP) is -0.0228. The largest absolute Gasteiger partial charge is 0.481 e. The molecule has 2 N–H and O–H groups in total. The van der Waals surface area contributed by atoms with Gasteiger partial charge in [0.25, 0.3) is 0 Å². The molecule has 0 aromatic rings. The molecule has 1 aliphatic carbocycles. The summed E-state index contributed by atoms with van der Waals surface area (Å²) in [6.07, 6.45) is 0.795. The molecule has 3 unspecified atom stereocenters. The number of carboxylic acids is 1. The molecule has 1 aliphatic rings. The summed E-state index contributed by atoms with van der Waals surface area (Å²) >= 11 is 0. The zero-order chi connectivity index (χ0) is 9.30. The van der Waals surface area contributed by atoms with E-state index in [0.29, 0.717) is 6.42 Å². The van der Waals surface area contributed by atoms with Crippen LogP contribution in [-0.2, 0) is 4.79 Å². The van der Waals surface area contributed by atoms with E-state index < -0.39 is 12.2 Å². The minimum Gasteiger partial charge on any atom is -0.481 e. The highest BCUT2D eigenvalue weighted by atomic mass is 16.4. The number of hydrogen-bond acceptors (Lipinski definition) is 3. The van der Waals surface area contributed by atoms with Crippen molar-refractivity contribution >= 4 is 5.97 Å². The van der Waals surface area contributed by atoms with E-state index in [4.69, 9.17) is 5.11 Å². The van der Waals surface area contributed by atoms with Crippen LogP contribution in [0, 0.1) is 11.8 Å². The highest BCUT2D eigenvalue weighted by molar-refractivity contribution is 5.73. The summed E-state index contributed by atoms with van der Waals surface area (Å²) in [5.41, 5.74) is 0. The Morgan fingerprint density at radius 2 is 2.25 bits per heavy atom. The van der Waals surface area contributed by atoms with Gasteiger partial charge in [0.2, 0.25) is 0 Å². The normalized spacial score (nSPS) is 30.3. The Hall–Kier alpha value is -0.610. The van der Waals surface area contributed by atoms with Gasteiger partial charge < -0.3 is 10.2 Å². The standard InChI is InChI=1S/C8H15NO3/c1-9(2)7(10)4-5-3-6(5)8(11)12/h5-7,10H,3-4H2,1-2H3,(H,11,12). The van der Waals surface area contributed by atoms with E-state index in [1.165, 1.54) is 0 Å². The highest BCUT2D eigenvalue weighted by Crippen LogP contribution is 2.42. The molecule has 1 rings (SSSR count). The summed E-state index contributed by atoms with van der Waals surface area (Å²) < 4.78 is 0. The number of carboxylic acid groups (broad SMARTS) is 1. The van der Waals surface area contributed by atoms with Crippen LogP contribution < -0.4 is 0 Å². The van der Waals surface area contributed by atoms with E-state index in [1.807, 2.05) is 0 Å². The molecule has 0 aromatic carbocycles. The predicted molar refractivity (Wildman–Crippen MR) is 43.5 cm³/mol. The third-order valence-corrected chi connectivity index (χ3v) is 2.35. The van der Waals surface area contributed by atoms with Crippen LogP contribution in [0.5, 0.6) is 0 Å². The van der Waals surface area contributed by atoms with Crippen LogP contribution in [0.1, 0.15) is 12.8 Å². The van der Waals surface area contributed by atoms with Crippen LogP contribution in [0.4, 0.5) is 0 Å². The molecule has 70 valence electrons. The average Bonchev–Trinajstić information content (AvgIpc) is 2.67. The monoisotopic (exact) mass is 173 g/mol. The van der Waals surface area contributed by atoms with Crippen molar-refractivity contribution in [3.63, 3.8) is 0 Å². The van der Waals surface area contributed by atoms with Gasteiger partial charge in [-0.3, -0.25) is 9.69 Å². The number of carbonyl (C=O) groups is 1. The minimum absolute atomic E-state index is 0.180. The molecule has 1 fully saturated rings. The first-order chi connectivity index (χ1) is 5.52. The van der Waals surface area contributed by atoms with Crippen molar-refractivity contribution in [1.82, 2.24) is 4.90 Å². The number of aliphatic hydroxyl groups excluding tert-OH is 1. The van der Waals surface area contributed by atoms with Crippen LogP contribution >= 0.6 is 0 Å². The number of aliphatic hydroxyl groups is 1. The SMILES string of the molecule is CN(C)C(O)CC1CC1C(=O)O. The lowest BCUT2D eigenvalue weighted by atomic mass is 10.2. The van der Waals surface area contributed by atoms with Gasteiger partial charge in [-0.1, -0.05) is 0 Å². The van der Waals surface area contributed by atoms with Gasteiger partial charge in [-0.15, -0.1) is 0 Å². The lowest BCUT2D eigenvalue weighted by Gasteiger charge is -2.17. The number of aliphatic carboxylic acids is 1. The number of hydrogen-bond donors (Lipinski definition) is 2. The fraction of sp³-hybridized carbons (Fsp3) is 0.875. The van der Waals surface area contributed by atoms with E-state index in [0.717, 1.165) is 6.42 Å². The Morgan fingerprint density at radius 3 is 2.58 bits per heavy atom. The van der Waals surface area contributed by atoms with Crippen molar-refractivity contribution in [2.45, 2.75) is 19.1 Å². The Bertz CT molecular complexity index is 181. The van der Waals surface area contributed by atoms with Crippen molar-refractivity contribution in [3.8, 4) is 0 Å². The summed E-state index contributed by atoms with van der Waals surface area (Å²) in [5.74, 6) is -0.759. The van der Waals surface area contributed by atoms with E-state index >= 15 is 0 Å². The van der Waals surface area contributed by atoms with Gasteiger partial charge in [0.1, 0.15) is 6.23 Å². The maximum Gasteiger partial charge on any atom is 0.306 e. The Kier molecular flexibility index (Phi) is 2.69. The van der Waals surface area contributed by atoms with Crippen molar-refractivity contribution in [3.05, 3.63) is 0 Å². The average molecular weight is 173 g/mol. The number of rotatable bonds is 4. The number of nitrogens with zero attached hydrogens (tertiary/aromatic N) is 1. The Morgan fingerprint density at radius 1 is 1.67 bits per heavy atom. The molecule has 4 nitrogen and oxygen atoms in total. The molecule has 0 bridgehead atoms. The quantitative estimate of drug-likeness (QED) is 0.586.